The molecule has 0 saturated carbocycles. The first-order valence-electron chi connectivity index (χ1n) is 5.78. The molecule has 0 atom stereocenters. The molecule has 2 amide bonds. The van der Waals surface area contributed by atoms with E-state index in [1.54, 1.807) is 12.4 Å². The molecule has 0 rings (SSSR count). The minimum Gasteiger partial charge on any atom is -0.334 e. The SMILES string of the molecule is CC(C)CN(C)NC(=O)C(C)(C)NC(=O)C(F)(F)F. The molecule has 0 aromatic rings. The summed E-state index contributed by atoms with van der Waals surface area (Å²) in [4.78, 5) is 22.6. The molecule has 0 aliphatic heterocycles. The Bertz CT molecular complexity index is 341. The van der Waals surface area contributed by atoms with Gasteiger partial charge in [0.1, 0.15) is 5.54 Å². The van der Waals surface area contributed by atoms with Gasteiger partial charge in [-0.3, -0.25) is 15.0 Å². The third kappa shape index (κ3) is 6.42. The minimum absolute atomic E-state index is 0.276. The molecule has 112 valence electrons. The number of rotatable bonds is 5. The van der Waals surface area contributed by atoms with Gasteiger partial charge in [0.2, 0.25) is 0 Å². The lowest BCUT2D eigenvalue weighted by Crippen LogP contribution is -2.60. The standard InChI is InChI=1S/C11H20F3N3O2/c1-7(2)6-17(5)16-8(18)10(3,4)15-9(19)11(12,13)14/h7H,6H2,1-5H3,(H,15,19)(H,16,18). The van der Waals surface area contributed by atoms with Crippen molar-refractivity contribution in [1.29, 1.82) is 0 Å². The number of hydrogen-bond donors (Lipinski definition) is 2. The number of carbonyl (C=O) groups excluding carboxylic acids is 2. The first-order chi connectivity index (χ1) is 8.36. The van der Waals surface area contributed by atoms with Gasteiger partial charge in [-0.2, -0.15) is 13.2 Å². The molecule has 0 aliphatic carbocycles. The molecule has 5 nitrogen and oxygen atoms in total. The van der Waals surface area contributed by atoms with Gasteiger partial charge in [0.15, 0.2) is 0 Å². The maximum absolute atomic E-state index is 12.1. The zero-order valence-electron chi connectivity index (χ0n) is 11.7. The molecular formula is C11H20F3N3O2. The second-order valence-electron chi connectivity index (χ2n) is 5.29. The van der Waals surface area contributed by atoms with Crippen molar-refractivity contribution in [2.45, 2.75) is 39.4 Å². The maximum Gasteiger partial charge on any atom is 0.471 e. The number of hydrogen-bond acceptors (Lipinski definition) is 3. The van der Waals surface area contributed by atoms with Gasteiger partial charge in [0.25, 0.3) is 5.91 Å². The molecule has 2 N–H and O–H groups in total. The van der Waals surface area contributed by atoms with Crippen LogP contribution in [0.25, 0.3) is 0 Å². The number of alkyl halides is 3. The molecule has 19 heavy (non-hydrogen) atoms. The average Bonchev–Trinajstić information content (AvgIpc) is 2.13. The molecule has 0 saturated heterocycles. The van der Waals surface area contributed by atoms with E-state index in [4.69, 9.17) is 0 Å². The van der Waals surface area contributed by atoms with Crippen molar-refractivity contribution in [3.63, 3.8) is 0 Å². The van der Waals surface area contributed by atoms with Gasteiger partial charge in [-0.15, -0.1) is 0 Å². The topological polar surface area (TPSA) is 61.4 Å². The van der Waals surface area contributed by atoms with Crippen LogP contribution in [0.1, 0.15) is 27.7 Å². The van der Waals surface area contributed by atoms with E-state index in [1.165, 1.54) is 18.9 Å². The summed E-state index contributed by atoms with van der Waals surface area (Å²) in [6.07, 6.45) is -5.01. The first kappa shape index (κ1) is 17.7. The molecule has 0 spiro atoms. The number of carbonyl (C=O) groups is 2. The summed E-state index contributed by atoms with van der Waals surface area (Å²) in [5.74, 6) is -2.58. The van der Waals surface area contributed by atoms with Crippen LogP contribution in [0.15, 0.2) is 0 Å². The Balaban J connectivity index is 4.56. The van der Waals surface area contributed by atoms with Gasteiger partial charge in [0.05, 0.1) is 0 Å². The summed E-state index contributed by atoms with van der Waals surface area (Å²) < 4.78 is 36.4. The zero-order valence-corrected chi connectivity index (χ0v) is 11.7. The molecule has 0 aromatic heterocycles. The van der Waals surface area contributed by atoms with Crippen molar-refractivity contribution in [1.82, 2.24) is 15.8 Å². The highest BCUT2D eigenvalue weighted by Gasteiger charge is 2.43. The number of halogens is 3. The molecule has 8 heteroatoms. The predicted molar refractivity (Wildman–Crippen MR) is 63.9 cm³/mol. The summed E-state index contributed by atoms with van der Waals surface area (Å²) in [7, 11) is 1.60. The molecule has 0 heterocycles. The highest BCUT2D eigenvalue weighted by Crippen LogP contribution is 2.16. The zero-order chi connectivity index (χ0) is 15.4. The Morgan fingerprint density at radius 1 is 1.16 bits per heavy atom. The van der Waals surface area contributed by atoms with Crippen LogP contribution in [-0.2, 0) is 9.59 Å². The van der Waals surface area contributed by atoms with E-state index in [0.29, 0.717) is 6.54 Å². The second kappa shape index (κ2) is 6.23. The Labute approximate surface area is 110 Å². The molecule has 0 aromatic carbocycles. The van der Waals surface area contributed by atoms with Gasteiger partial charge in [-0.1, -0.05) is 13.8 Å². The van der Waals surface area contributed by atoms with Crippen LogP contribution in [0.3, 0.4) is 0 Å². The lowest BCUT2D eigenvalue weighted by atomic mass is 10.1. The number of hydrazine groups is 1. The highest BCUT2D eigenvalue weighted by molar-refractivity contribution is 5.92. The fraction of sp³-hybridized carbons (Fsp3) is 0.818. The lowest BCUT2D eigenvalue weighted by Gasteiger charge is -2.29. The fourth-order valence-corrected chi connectivity index (χ4v) is 1.32. The monoisotopic (exact) mass is 283 g/mol. The Morgan fingerprint density at radius 2 is 1.63 bits per heavy atom. The largest absolute Gasteiger partial charge is 0.471 e. The van der Waals surface area contributed by atoms with Crippen molar-refractivity contribution < 1.29 is 22.8 Å². The first-order valence-corrected chi connectivity index (χ1v) is 5.78. The summed E-state index contributed by atoms with van der Waals surface area (Å²) in [6, 6.07) is 0. The normalized spacial score (nSPS) is 12.7. The minimum atomic E-state index is -5.01. The van der Waals surface area contributed by atoms with E-state index in [0.717, 1.165) is 0 Å². The van der Waals surface area contributed by atoms with Crippen LogP contribution >= 0.6 is 0 Å². The number of nitrogens with zero attached hydrogens (tertiary/aromatic N) is 1. The Kier molecular flexibility index (Phi) is 5.80. The van der Waals surface area contributed by atoms with Gasteiger partial charge < -0.3 is 5.32 Å². The van der Waals surface area contributed by atoms with E-state index in [2.05, 4.69) is 5.43 Å². The molecule has 0 radical (unpaired) electrons. The van der Waals surface area contributed by atoms with Gasteiger partial charge in [-0.05, 0) is 19.8 Å². The van der Waals surface area contributed by atoms with Crippen molar-refractivity contribution in [2.75, 3.05) is 13.6 Å². The Hall–Kier alpha value is -1.31. The Morgan fingerprint density at radius 3 is 2.00 bits per heavy atom. The van der Waals surface area contributed by atoms with Crippen molar-refractivity contribution in [2.24, 2.45) is 5.92 Å². The molecule has 0 aliphatic rings. The van der Waals surface area contributed by atoms with Crippen LogP contribution in [0.5, 0.6) is 0 Å². The van der Waals surface area contributed by atoms with Crippen LogP contribution in [0.2, 0.25) is 0 Å². The van der Waals surface area contributed by atoms with Crippen LogP contribution < -0.4 is 10.7 Å². The van der Waals surface area contributed by atoms with Gasteiger partial charge in [0, 0.05) is 13.6 Å². The summed E-state index contributed by atoms with van der Waals surface area (Å²) in [5, 5.41) is 3.12. The van der Waals surface area contributed by atoms with Crippen LogP contribution in [-0.4, -0.2) is 42.1 Å². The van der Waals surface area contributed by atoms with Crippen molar-refractivity contribution >= 4 is 11.8 Å². The number of amides is 2. The summed E-state index contributed by atoms with van der Waals surface area (Å²) in [5.41, 5.74) is 0.766. The van der Waals surface area contributed by atoms with Crippen molar-refractivity contribution in [3.05, 3.63) is 0 Å². The molecule has 0 fully saturated rings. The second-order valence-corrected chi connectivity index (χ2v) is 5.29. The predicted octanol–water partition coefficient (Wildman–Crippen LogP) is 1.06. The number of nitrogens with one attached hydrogen (secondary N) is 2. The van der Waals surface area contributed by atoms with Gasteiger partial charge in [-0.25, -0.2) is 5.01 Å². The van der Waals surface area contributed by atoms with E-state index < -0.39 is 23.5 Å². The molecule has 0 unspecified atom stereocenters. The maximum atomic E-state index is 12.1. The highest BCUT2D eigenvalue weighted by atomic mass is 19.4. The molecule has 0 bridgehead atoms. The van der Waals surface area contributed by atoms with E-state index >= 15 is 0 Å². The van der Waals surface area contributed by atoms with Crippen LogP contribution in [0.4, 0.5) is 13.2 Å². The van der Waals surface area contributed by atoms with Crippen molar-refractivity contribution in [3.8, 4) is 0 Å². The molecular weight excluding hydrogens is 263 g/mol. The van der Waals surface area contributed by atoms with Crippen LogP contribution in [0, 0.1) is 5.92 Å². The lowest BCUT2D eigenvalue weighted by molar-refractivity contribution is -0.176. The summed E-state index contributed by atoms with van der Waals surface area (Å²) >= 11 is 0. The smallest absolute Gasteiger partial charge is 0.334 e. The van der Waals surface area contributed by atoms with E-state index in [-0.39, 0.29) is 5.92 Å². The van der Waals surface area contributed by atoms with E-state index in [1.807, 2.05) is 13.8 Å². The fourth-order valence-electron chi connectivity index (χ4n) is 1.32. The van der Waals surface area contributed by atoms with E-state index in [9.17, 15) is 22.8 Å². The quantitative estimate of drug-likeness (QED) is 0.742. The average molecular weight is 283 g/mol. The van der Waals surface area contributed by atoms with Gasteiger partial charge >= 0.3 is 12.1 Å². The third-order valence-electron chi connectivity index (χ3n) is 2.18. The third-order valence-corrected chi connectivity index (χ3v) is 2.18. The summed E-state index contributed by atoms with van der Waals surface area (Å²) in [6.45, 7) is 6.80.